The molecule has 1 saturated heterocycles. The van der Waals surface area contributed by atoms with Crippen LogP contribution in [0.3, 0.4) is 0 Å². The molecule has 1 aliphatic heterocycles. The molecule has 114 valence electrons. The summed E-state index contributed by atoms with van der Waals surface area (Å²) >= 11 is 0. The second-order valence-corrected chi connectivity index (χ2v) is 5.90. The third-order valence-corrected chi connectivity index (χ3v) is 4.39. The zero-order valence-electron chi connectivity index (χ0n) is 12.7. The Balaban J connectivity index is 1.63. The number of fused-ring (bicyclic) bond motifs is 1. The van der Waals surface area contributed by atoms with Gasteiger partial charge in [0.05, 0.1) is 11.7 Å². The van der Waals surface area contributed by atoms with E-state index in [9.17, 15) is 0 Å². The molecule has 0 aliphatic carbocycles. The molecule has 1 N–H and O–H groups in total. The summed E-state index contributed by atoms with van der Waals surface area (Å²) in [6, 6.07) is 6.56. The highest BCUT2D eigenvalue weighted by atomic mass is 16.5. The maximum absolute atomic E-state index is 6.01. The number of ether oxygens (including phenoxy) is 1. The van der Waals surface area contributed by atoms with Gasteiger partial charge in [0.15, 0.2) is 5.75 Å². The molecule has 3 aromatic heterocycles. The van der Waals surface area contributed by atoms with Crippen LogP contribution in [0.4, 0.5) is 0 Å². The molecule has 0 amide bonds. The van der Waals surface area contributed by atoms with Gasteiger partial charge in [0.2, 0.25) is 0 Å². The Morgan fingerprint density at radius 2 is 2.27 bits per heavy atom. The lowest BCUT2D eigenvalue weighted by Crippen LogP contribution is -2.54. The molecule has 1 fully saturated rings. The van der Waals surface area contributed by atoms with Gasteiger partial charge < -0.3 is 10.1 Å². The van der Waals surface area contributed by atoms with Gasteiger partial charge in [-0.3, -0.25) is 4.68 Å². The zero-order valence-corrected chi connectivity index (χ0v) is 12.7. The fourth-order valence-corrected chi connectivity index (χ4v) is 2.84. The molecule has 4 rings (SSSR count). The summed E-state index contributed by atoms with van der Waals surface area (Å²) in [5, 5.41) is 12.0. The average molecular weight is 297 g/mol. The van der Waals surface area contributed by atoms with Crippen LogP contribution in [0.2, 0.25) is 0 Å². The molecule has 0 unspecified atom stereocenters. The monoisotopic (exact) mass is 297 g/mol. The Morgan fingerprint density at radius 3 is 3.05 bits per heavy atom. The predicted octanol–water partition coefficient (Wildman–Crippen LogP) is 1.72. The highest BCUT2D eigenvalue weighted by Crippen LogP contribution is 2.30. The van der Waals surface area contributed by atoms with Gasteiger partial charge in [-0.2, -0.15) is 10.2 Å². The number of pyridine rings is 1. The number of aromatic nitrogens is 4. The van der Waals surface area contributed by atoms with Crippen LogP contribution in [0, 0.1) is 5.92 Å². The molecule has 0 spiro atoms. The Kier molecular flexibility index (Phi) is 3.11. The molecule has 0 radical (unpaired) electrons. The fourth-order valence-electron chi connectivity index (χ4n) is 2.84. The first kappa shape index (κ1) is 13.3. The number of aryl methyl sites for hydroxylation is 1. The van der Waals surface area contributed by atoms with Crippen molar-refractivity contribution in [1.29, 1.82) is 0 Å². The lowest BCUT2D eigenvalue weighted by atomic mass is 9.95. The van der Waals surface area contributed by atoms with Crippen molar-refractivity contribution < 1.29 is 4.74 Å². The molecule has 3 aromatic rings. The highest BCUT2D eigenvalue weighted by molar-refractivity contribution is 5.70. The van der Waals surface area contributed by atoms with Gasteiger partial charge in [-0.05, 0) is 30.7 Å². The number of rotatable bonds is 4. The summed E-state index contributed by atoms with van der Waals surface area (Å²) < 4.78 is 9.72. The summed E-state index contributed by atoms with van der Waals surface area (Å²) in [6.07, 6.45) is 5.54. The molecule has 0 bridgehead atoms. The zero-order chi connectivity index (χ0) is 15.1. The molecule has 2 atom stereocenters. The molecule has 0 saturated carbocycles. The van der Waals surface area contributed by atoms with Gasteiger partial charge in [0, 0.05) is 31.0 Å². The summed E-state index contributed by atoms with van der Waals surface area (Å²) in [5.41, 5.74) is 3.13. The van der Waals surface area contributed by atoms with E-state index >= 15 is 0 Å². The Morgan fingerprint density at radius 1 is 1.36 bits per heavy atom. The normalized spacial score (nSPS) is 21.0. The third-order valence-electron chi connectivity index (χ3n) is 4.39. The predicted molar refractivity (Wildman–Crippen MR) is 83.8 cm³/mol. The van der Waals surface area contributed by atoms with Crippen LogP contribution in [-0.2, 0) is 7.05 Å². The van der Waals surface area contributed by atoms with E-state index in [1.807, 2.05) is 34.6 Å². The molecule has 4 heterocycles. The van der Waals surface area contributed by atoms with Crippen molar-refractivity contribution in [2.45, 2.75) is 13.0 Å². The van der Waals surface area contributed by atoms with Gasteiger partial charge in [-0.1, -0.05) is 6.92 Å². The van der Waals surface area contributed by atoms with E-state index < -0.39 is 0 Å². The first-order chi connectivity index (χ1) is 10.7. The summed E-state index contributed by atoms with van der Waals surface area (Å²) in [6.45, 7) is 3.99. The van der Waals surface area contributed by atoms with E-state index in [-0.39, 0.29) is 0 Å². The lowest BCUT2D eigenvalue weighted by molar-refractivity contribution is 0.161. The van der Waals surface area contributed by atoms with Crippen molar-refractivity contribution in [1.82, 2.24) is 24.7 Å². The van der Waals surface area contributed by atoms with Crippen LogP contribution in [-0.4, -0.2) is 38.6 Å². The van der Waals surface area contributed by atoms with E-state index in [0.29, 0.717) is 18.6 Å². The molecule has 6 nitrogen and oxygen atoms in total. The Labute approximate surface area is 128 Å². The van der Waals surface area contributed by atoms with Crippen LogP contribution in [0.1, 0.15) is 6.92 Å². The van der Waals surface area contributed by atoms with Gasteiger partial charge in [0.1, 0.15) is 12.3 Å². The van der Waals surface area contributed by atoms with Crippen molar-refractivity contribution in [2.75, 3.05) is 13.2 Å². The van der Waals surface area contributed by atoms with Crippen LogP contribution >= 0.6 is 0 Å². The summed E-state index contributed by atoms with van der Waals surface area (Å²) in [5.74, 6) is 1.50. The summed E-state index contributed by atoms with van der Waals surface area (Å²) in [4.78, 5) is 0. The van der Waals surface area contributed by atoms with Gasteiger partial charge in [0.25, 0.3) is 0 Å². The van der Waals surface area contributed by atoms with E-state index in [1.54, 1.807) is 12.4 Å². The van der Waals surface area contributed by atoms with Crippen LogP contribution < -0.4 is 10.1 Å². The maximum atomic E-state index is 6.01. The average Bonchev–Trinajstić information content (AvgIpc) is 3.11. The minimum Gasteiger partial charge on any atom is -0.488 e. The Bertz CT molecular complexity index is 806. The minimum absolute atomic E-state index is 0.436. The first-order valence-corrected chi connectivity index (χ1v) is 7.54. The molecule has 1 aliphatic rings. The fraction of sp³-hybridized carbons (Fsp3) is 0.375. The molecular weight excluding hydrogens is 278 g/mol. The second-order valence-electron chi connectivity index (χ2n) is 5.90. The number of nitrogens with zero attached hydrogens (tertiary/aromatic N) is 4. The highest BCUT2D eigenvalue weighted by Gasteiger charge is 2.27. The topological polar surface area (TPSA) is 56.4 Å². The third kappa shape index (κ3) is 2.16. The molecular formula is C16H19N5O. The first-order valence-electron chi connectivity index (χ1n) is 7.54. The standard InChI is InChI=1S/C16H19N5O/c1-11-8-17-14(11)10-22-15-9-19-20(2)16(15)12-4-6-21-13(7-12)3-5-18-21/h3-7,9,11,14,17H,8,10H2,1-2H3/t11-,14+/m0/s1. The number of hydrogen-bond acceptors (Lipinski definition) is 4. The lowest BCUT2D eigenvalue weighted by Gasteiger charge is -2.35. The van der Waals surface area contributed by atoms with Crippen LogP contribution in [0.5, 0.6) is 5.75 Å². The van der Waals surface area contributed by atoms with Crippen LogP contribution in [0.15, 0.2) is 36.8 Å². The van der Waals surface area contributed by atoms with Crippen molar-refractivity contribution in [3.8, 4) is 17.0 Å². The van der Waals surface area contributed by atoms with Crippen molar-refractivity contribution in [3.63, 3.8) is 0 Å². The SMILES string of the molecule is C[C@H]1CN[C@@H]1COc1cnn(C)c1-c1ccn2nccc2c1. The molecule has 0 aromatic carbocycles. The maximum Gasteiger partial charge on any atom is 0.165 e. The minimum atomic E-state index is 0.436. The van der Waals surface area contributed by atoms with Crippen molar-refractivity contribution in [2.24, 2.45) is 13.0 Å². The summed E-state index contributed by atoms with van der Waals surface area (Å²) in [7, 11) is 1.94. The smallest absolute Gasteiger partial charge is 0.165 e. The molecule has 6 heteroatoms. The van der Waals surface area contributed by atoms with Gasteiger partial charge >= 0.3 is 0 Å². The van der Waals surface area contributed by atoms with E-state index in [0.717, 1.165) is 29.1 Å². The molecule has 22 heavy (non-hydrogen) atoms. The van der Waals surface area contributed by atoms with Crippen molar-refractivity contribution in [3.05, 3.63) is 36.8 Å². The second kappa shape index (κ2) is 5.14. The van der Waals surface area contributed by atoms with Crippen LogP contribution in [0.25, 0.3) is 16.8 Å². The van der Waals surface area contributed by atoms with Gasteiger partial charge in [-0.25, -0.2) is 4.52 Å². The van der Waals surface area contributed by atoms with E-state index in [2.05, 4.69) is 28.5 Å². The Hall–Kier alpha value is -2.34. The van der Waals surface area contributed by atoms with Crippen molar-refractivity contribution >= 4 is 5.52 Å². The quantitative estimate of drug-likeness (QED) is 0.796. The number of nitrogens with one attached hydrogen (secondary N) is 1. The van der Waals surface area contributed by atoms with E-state index in [4.69, 9.17) is 4.74 Å². The van der Waals surface area contributed by atoms with E-state index in [1.165, 1.54) is 0 Å². The largest absolute Gasteiger partial charge is 0.488 e. The number of hydrogen-bond donors (Lipinski definition) is 1. The van der Waals surface area contributed by atoms with Gasteiger partial charge in [-0.15, -0.1) is 0 Å².